The number of hydrogen-bond donors (Lipinski definition) is 6. The Hall–Kier alpha value is -0.810. The molecule has 6 N–H and O–H groups in total. The molecule has 0 radical (unpaired) electrons. The van der Waals surface area contributed by atoms with E-state index < -0.39 is 49.5 Å². The molecule has 0 aromatic heterocycles. The van der Waals surface area contributed by atoms with Crippen molar-refractivity contribution in [3.8, 4) is 0 Å². The average Bonchev–Trinajstić information content (AvgIpc) is 3.25. The quantitative estimate of drug-likeness (QED) is 0.0332. The molecule has 358 valence electrons. The first-order valence-electron chi connectivity index (χ1n) is 26.2. The Labute approximate surface area is 370 Å². The fraction of sp³-hybridized carbons (Fsp3) is 0.980. The predicted molar refractivity (Wildman–Crippen MR) is 249 cm³/mol. The highest BCUT2D eigenvalue weighted by Gasteiger charge is 2.44. The van der Waals surface area contributed by atoms with Gasteiger partial charge in [0.1, 0.15) is 24.4 Å². The summed E-state index contributed by atoms with van der Waals surface area (Å²) in [6, 6.07) is -0.712. The minimum atomic E-state index is -1.55. The number of hydrogen-bond acceptors (Lipinski definition) is 8. The zero-order valence-electron chi connectivity index (χ0n) is 39.5. The van der Waals surface area contributed by atoms with E-state index >= 15 is 0 Å². The third-order valence-corrected chi connectivity index (χ3v) is 13.0. The normalized spacial score (nSPS) is 20.4. The van der Waals surface area contributed by atoms with Crippen LogP contribution in [0, 0.1) is 0 Å². The fourth-order valence-corrected chi connectivity index (χ4v) is 8.75. The van der Waals surface area contributed by atoms with Crippen LogP contribution in [-0.4, -0.2) is 87.5 Å². The van der Waals surface area contributed by atoms with Crippen LogP contribution >= 0.6 is 0 Å². The van der Waals surface area contributed by atoms with Crippen LogP contribution in [-0.2, 0) is 14.3 Å². The number of carbonyl (C=O) groups is 1. The molecule has 0 spiro atoms. The first kappa shape index (κ1) is 57.2. The standard InChI is InChI=1S/C51H101NO8/c1-3-5-7-9-11-13-15-17-19-21-23-25-27-29-31-33-35-37-39-41-47(55)52-44(43-59-51-50(58)49(57)48(56)46(42-53)60-51)45(54)40-38-36-34-32-30-28-26-24-22-20-18-16-14-12-10-8-6-4-2/h44-46,48-51,53-54,56-58H,3-43H2,1-2H3,(H,52,55). The molecule has 0 bridgehead atoms. The highest BCUT2D eigenvalue weighted by molar-refractivity contribution is 5.76. The predicted octanol–water partition coefficient (Wildman–Crippen LogP) is 11.9. The van der Waals surface area contributed by atoms with Crippen LogP contribution in [0.2, 0.25) is 0 Å². The molecule has 1 aliphatic rings. The Kier molecular flexibility index (Phi) is 40.2. The molecular formula is C51H101NO8. The van der Waals surface area contributed by atoms with Crippen LogP contribution < -0.4 is 5.32 Å². The summed E-state index contributed by atoms with van der Waals surface area (Å²) in [4.78, 5) is 13.0. The van der Waals surface area contributed by atoms with Gasteiger partial charge in [0.15, 0.2) is 6.29 Å². The van der Waals surface area contributed by atoms with Crippen LogP contribution in [0.3, 0.4) is 0 Å². The molecule has 1 heterocycles. The minimum Gasteiger partial charge on any atom is -0.394 e. The lowest BCUT2D eigenvalue weighted by atomic mass is 9.99. The molecule has 7 atom stereocenters. The lowest BCUT2D eigenvalue weighted by Crippen LogP contribution is -2.60. The molecule has 1 rings (SSSR count). The molecule has 1 fully saturated rings. The number of aliphatic hydroxyl groups excluding tert-OH is 5. The van der Waals surface area contributed by atoms with Crippen molar-refractivity contribution in [2.75, 3.05) is 13.2 Å². The van der Waals surface area contributed by atoms with Gasteiger partial charge in [0, 0.05) is 6.42 Å². The Morgan fingerprint density at radius 1 is 0.500 bits per heavy atom. The largest absolute Gasteiger partial charge is 0.394 e. The topological polar surface area (TPSA) is 149 Å². The summed E-state index contributed by atoms with van der Waals surface area (Å²) in [5.74, 6) is -0.138. The van der Waals surface area contributed by atoms with Crippen molar-refractivity contribution in [3.63, 3.8) is 0 Å². The highest BCUT2D eigenvalue weighted by atomic mass is 16.7. The van der Waals surface area contributed by atoms with E-state index in [9.17, 15) is 30.3 Å². The molecule has 0 saturated carbocycles. The van der Waals surface area contributed by atoms with Gasteiger partial charge in [-0.1, -0.05) is 245 Å². The maximum atomic E-state index is 13.0. The van der Waals surface area contributed by atoms with Crippen molar-refractivity contribution < 1.29 is 39.8 Å². The minimum absolute atomic E-state index is 0.131. The Bertz CT molecular complexity index is 908. The molecule has 60 heavy (non-hydrogen) atoms. The van der Waals surface area contributed by atoms with E-state index in [-0.39, 0.29) is 12.5 Å². The van der Waals surface area contributed by atoms with Crippen LogP contribution in [0.5, 0.6) is 0 Å². The maximum absolute atomic E-state index is 13.0. The monoisotopic (exact) mass is 856 g/mol. The van der Waals surface area contributed by atoms with Gasteiger partial charge < -0.3 is 40.3 Å². The Morgan fingerprint density at radius 2 is 0.833 bits per heavy atom. The summed E-state index contributed by atoms with van der Waals surface area (Å²) in [5.41, 5.74) is 0. The number of ether oxygens (including phenoxy) is 2. The Balaban J connectivity index is 2.25. The maximum Gasteiger partial charge on any atom is 0.220 e. The first-order chi connectivity index (χ1) is 29.3. The average molecular weight is 856 g/mol. The van der Waals surface area contributed by atoms with E-state index in [0.717, 1.165) is 38.5 Å². The van der Waals surface area contributed by atoms with Gasteiger partial charge >= 0.3 is 0 Å². The summed E-state index contributed by atoms with van der Waals surface area (Å²) in [7, 11) is 0. The zero-order chi connectivity index (χ0) is 43.7. The van der Waals surface area contributed by atoms with Gasteiger partial charge in [0.2, 0.25) is 5.91 Å². The molecule has 9 heteroatoms. The second-order valence-electron chi connectivity index (χ2n) is 18.7. The van der Waals surface area contributed by atoms with Crippen molar-refractivity contribution >= 4 is 5.91 Å². The smallest absolute Gasteiger partial charge is 0.220 e. The van der Waals surface area contributed by atoms with E-state index in [1.807, 2.05) is 0 Å². The van der Waals surface area contributed by atoms with Gasteiger partial charge in [-0.2, -0.15) is 0 Å². The second-order valence-corrected chi connectivity index (χ2v) is 18.7. The molecule has 9 nitrogen and oxygen atoms in total. The van der Waals surface area contributed by atoms with E-state index in [1.165, 1.54) is 199 Å². The van der Waals surface area contributed by atoms with Gasteiger partial charge in [0.25, 0.3) is 0 Å². The van der Waals surface area contributed by atoms with Gasteiger partial charge in [-0.25, -0.2) is 0 Å². The molecular weight excluding hydrogens is 755 g/mol. The second kappa shape index (κ2) is 42.2. The number of aliphatic hydroxyl groups is 5. The summed E-state index contributed by atoms with van der Waals surface area (Å²) < 4.78 is 11.3. The molecule has 0 aromatic carbocycles. The summed E-state index contributed by atoms with van der Waals surface area (Å²) in [5, 5.41) is 54.5. The van der Waals surface area contributed by atoms with Crippen molar-refractivity contribution in [1.29, 1.82) is 0 Å². The SMILES string of the molecule is CCCCCCCCCCCCCCCCCCCCCC(=O)NC(COC1OC(CO)C(O)C(O)C1O)C(O)CCCCCCCCCCCCCCCCCCCC. The number of rotatable bonds is 45. The van der Waals surface area contributed by atoms with E-state index in [2.05, 4.69) is 19.2 Å². The lowest BCUT2D eigenvalue weighted by molar-refractivity contribution is -0.302. The fourth-order valence-electron chi connectivity index (χ4n) is 8.75. The summed E-state index contributed by atoms with van der Waals surface area (Å²) in [6.45, 7) is 3.87. The number of nitrogens with one attached hydrogen (secondary N) is 1. The van der Waals surface area contributed by atoms with Crippen molar-refractivity contribution in [2.24, 2.45) is 0 Å². The van der Waals surface area contributed by atoms with Crippen molar-refractivity contribution in [1.82, 2.24) is 5.32 Å². The molecule has 7 unspecified atom stereocenters. The van der Waals surface area contributed by atoms with Crippen molar-refractivity contribution in [2.45, 2.75) is 307 Å². The van der Waals surface area contributed by atoms with Crippen LogP contribution in [0.1, 0.15) is 264 Å². The zero-order valence-corrected chi connectivity index (χ0v) is 39.5. The van der Waals surface area contributed by atoms with Gasteiger partial charge in [0.05, 0.1) is 25.4 Å². The number of unbranched alkanes of at least 4 members (excludes halogenated alkanes) is 35. The third-order valence-electron chi connectivity index (χ3n) is 13.0. The van der Waals surface area contributed by atoms with Gasteiger partial charge in [-0.3, -0.25) is 4.79 Å². The van der Waals surface area contributed by atoms with E-state index in [4.69, 9.17) is 9.47 Å². The number of carbonyl (C=O) groups excluding carboxylic acids is 1. The highest BCUT2D eigenvalue weighted by Crippen LogP contribution is 2.23. The van der Waals surface area contributed by atoms with Crippen molar-refractivity contribution in [3.05, 3.63) is 0 Å². The molecule has 0 aliphatic carbocycles. The number of amides is 1. The molecule has 1 amide bonds. The first-order valence-corrected chi connectivity index (χ1v) is 26.2. The van der Waals surface area contributed by atoms with E-state index in [0.29, 0.717) is 12.8 Å². The Morgan fingerprint density at radius 3 is 1.18 bits per heavy atom. The molecule has 0 aromatic rings. The lowest BCUT2D eigenvalue weighted by Gasteiger charge is -2.40. The van der Waals surface area contributed by atoms with Crippen LogP contribution in [0.25, 0.3) is 0 Å². The van der Waals surface area contributed by atoms with Gasteiger partial charge in [-0.15, -0.1) is 0 Å². The summed E-state index contributed by atoms with van der Waals surface area (Å²) in [6.07, 6.45) is 41.1. The summed E-state index contributed by atoms with van der Waals surface area (Å²) >= 11 is 0. The third kappa shape index (κ3) is 31.9. The van der Waals surface area contributed by atoms with Crippen LogP contribution in [0.4, 0.5) is 0 Å². The molecule has 1 aliphatic heterocycles. The van der Waals surface area contributed by atoms with Crippen LogP contribution in [0.15, 0.2) is 0 Å². The van der Waals surface area contributed by atoms with E-state index in [1.54, 1.807) is 0 Å². The van der Waals surface area contributed by atoms with Gasteiger partial charge in [-0.05, 0) is 12.8 Å². The molecule has 1 saturated heterocycles.